The average Bonchev–Trinajstić information content (AvgIpc) is 2.31. The first kappa shape index (κ1) is 17.4. The Hall–Kier alpha value is -0.650. The fourth-order valence-corrected chi connectivity index (χ4v) is 1.49. The number of methoxy groups -OCH3 is 1. The van der Waals surface area contributed by atoms with Gasteiger partial charge >= 0.3 is 5.97 Å². The van der Waals surface area contributed by atoms with E-state index in [4.69, 9.17) is 19.9 Å². The normalized spacial score (nSPS) is 11.6. The maximum Gasteiger partial charge on any atom is 0.305 e. The standard InChI is InChI=1S/C13H27NO4/c1-13(2,6-7-14)5-4-12(15)18-11-10-17-9-8-16-3/h4-11,14H2,1-3H3. The van der Waals surface area contributed by atoms with Crippen LogP contribution in [0.25, 0.3) is 0 Å². The summed E-state index contributed by atoms with van der Waals surface area (Å²) >= 11 is 0. The van der Waals surface area contributed by atoms with Gasteiger partial charge in [-0.2, -0.15) is 0 Å². The predicted molar refractivity (Wildman–Crippen MR) is 70.3 cm³/mol. The number of esters is 1. The molecule has 0 unspecified atom stereocenters. The first-order valence-corrected chi connectivity index (χ1v) is 6.44. The molecule has 18 heavy (non-hydrogen) atoms. The van der Waals surface area contributed by atoms with Crippen LogP contribution in [0, 0.1) is 5.41 Å². The Morgan fingerprint density at radius 2 is 1.78 bits per heavy atom. The monoisotopic (exact) mass is 261 g/mol. The van der Waals surface area contributed by atoms with Crippen molar-refractivity contribution in [2.45, 2.75) is 33.1 Å². The van der Waals surface area contributed by atoms with E-state index in [1.165, 1.54) is 0 Å². The minimum Gasteiger partial charge on any atom is -0.463 e. The minimum atomic E-state index is -0.171. The molecule has 0 aromatic carbocycles. The van der Waals surface area contributed by atoms with E-state index in [2.05, 4.69) is 13.8 Å². The molecule has 0 aliphatic heterocycles. The highest BCUT2D eigenvalue weighted by molar-refractivity contribution is 5.69. The Labute approximate surface area is 110 Å². The highest BCUT2D eigenvalue weighted by atomic mass is 16.6. The van der Waals surface area contributed by atoms with Gasteiger partial charge in [-0.25, -0.2) is 0 Å². The SMILES string of the molecule is COCCOCCOC(=O)CCC(C)(C)CCN. The Morgan fingerprint density at radius 1 is 1.11 bits per heavy atom. The third-order valence-corrected chi connectivity index (χ3v) is 2.75. The second kappa shape index (κ2) is 10.3. The fraction of sp³-hybridized carbons (Fsp3) is 0.923. The molecule has 0 spiro atoms. The Balaban J connectivity index is 3.48. The van der Waals surface area contributed by atoms with Gasteiger partial charge in [0, 0.05) is 13.5 Å². The smallest absolute Gasteiger partial charge is 0.305 e. The van der Waals surface area contributed by atoms with Crippen LogP contribution in [0.1, 0.15) is 33.1 Å². The van der Waals surface area contributed by atoms with Gasteiger partial charge in [-0.05, 0) is 24.8 Å². The average molecular weight is 261 g/mol. The van der Waals surface area contributed by atoms with E-state index in [1.807, 2.05) is 0 Å². The molecule has 5 nitrogen and oxygen atoms in total. The zero-order valence-electron chi connectivity index (χ0n) is 11.9. The zero-order chi connectivity index (χ0) is 13.9. The van der Waals surface area contributed by atoms with Crippen molar-refractivity contribution >= 4 is 5.97 Å². The summed E-state index contributed by atoms with van der Waals surface area (Å²) in [5.41, 5.74) is 5.62. The van der Waals surface area contributed by atoms with Gasteiger partial charge in [0.15, 0.2) is 0 Å². The summed E-state index contributed by atoms with van der Waals surface area (Å²) in [6.07, 6.45) is 2.15. The number of nitrogens with two attached hydrogens (primary N) is 1. The van der Waals surface area contributed by atoms with Crippen LogP contribution < -0.4 is 5.73 Å². The van der Waals surface area contributed by atoms with Gasteiger partial charge in [0.1, 0.15) is 6.61 Å². The predicted octanol–water partition coefficient (Wildman–Crippen LogP) is 1.35. The van der Waals surface area contributed by atoms with Crippen LogP contribution in [-0.2, 0) is 19.0 Å². The number of hydrogen-bond acceptors (Lipinski definition) is 5. The number of rotatable bonds is 11. The Kier molecular flexibility index (Phi) is 9.92. The summed E-state index contributed by atoms with van der Waals surface area (Å²) in [7, 11) is 1.62. The molecule has 0 bridgehead atoms. The van der Waals surface area contributed by atoms with E-state index >= 15 is 0 Å². The maximum atomic E-state index is 11.4. The van der Waals surface area contributed by atoms with Crippen LogP contribution in [0.15, 0.2) is 0 Å². The van der Waals surface area contributed by atoms with E-state index in [0.29, 0.717) is 39.4 Å². The summed E-state index contributed by atoms with van der Waals surface area (Å²) in [6.45, 7) is 6.68. The van der Waals surface area contributed by atoms with E-state index in [9.17, 15) is 4.79 Å². The molecule has 0 aromatic rings. The van der Waals surface area contributed by atoms with Crippen molar-refractivity contribution in [3.05, 3.63) is 0 Å². The highest BCUT2D eigenvalue weighted by Gasteiger charge is 2.18. The van der Waals surface area contributed by atoms with Crippen LogP contribution >= 0.6 is 0 Å². The largest absolute Gasteiger partial charge is 0.463 e. The molecule has 5 heteroatoms. The van der Waals surface area contributed by atoms with Gasteiger partial charge in [-0.15, -0.1) is 0 Å². The lowest BCUT2D eigenvalue weighted by molar-refractivity contribution is -0.146. The van der Waals surface area contributed by atoms with Crippen molar-refractivity contribution in [1.82, 2.24) is 0 Å². The summed E-state index contributed by atoms with van der Waals surface area (Å²) in [5.74, 6) is -0.171. The van der Waals surface area contributed by atoms with Gasteiger partial charge in [-0.1, -0.05) is 13.8 Å². The van der Waals surface area contributed by atoms with Crippen molar-refractivity contribution in [3.63, 3.8) is 0 Å². The van der Waals surface area contributed by atoms with Gasteiger partial charge in [-0.3, -0.25) is 4.79 Å². The maximum absolute atomic E-state index is 11.4. The second-order valence-electron chi connectivity index (χ2n) is 5.03. The number of carbonyl (C=O) groups is 1. The molecule has 0 atom stereocenters. The highest BCUT2D eigenvalue weighted by Crippen LogP contribution is 2.25. The molecular formula is C13H27NO4. The van der Waals surface area contributed by atoms with Crippen LogP contribution in [0.5, 0.6) is 0 Å². The van der Waals surface area contributed by atoms with Crippen molar-refractivity contribution < 1.29 is 19.0 Å². The van der Waals surface area contributed by atoms with Crippen molar-refractivity contribution in [2.24, 2.45) is 11.1 Å². The van der Waals surface area contributed by atoms with E-state index in [1.54, 1.807) is 7.11 Å². The molecule has 0 amide bonds. The topological polar surface area (TPSA) is 70.8 Å². The molecule has 0 rings (SSSR count). The van der Waals surface area contributed by atoms with E-state index < -0.39 is 0 Å². The molecule has 108 valence electrons. The van der Waals surface area contributed by atoms with E-state index in [-0.39, 0.29) is 11.4 Å². The molecule has 0 aliphatic rings. The lowest BCUT2D eigenvalue weighted by Crippen LogP contribution is -2.19. The third-order valence-electron chi connectivity index (χ3n) is 2.75. The number of carbonyl (C=O) groups excluding carboxylic acids is 1. The third kappa shape index (κ3) is 10.5. The second-order valence-corrected chi connectivity index (χ2v) is 5.03. The van der Waals surface area contributed by atoms with Crippen molar-refractivity contribution in [3.8, 4) is 0 Å². The molecule has 0 aromatic heterocycles. The zero-order valence-corrected chi connectivity index (χ0v) is 11.9. The minimum absolute atomic E-state index is 0.0999. The van der Waals surface area contributed by atoms with Gasteiger partial charge in [0.05, 0.1) is 19.8 Å². The van der Waals surface area contributed by atoms with E-state index in [0.717, 1.165) is 12.8 Å². The molecule has 0 radical (unpaired) electrons. The lowest BCUT2D eigenvalue weighted by Gasteiger charge is -2.23. The lowest BCUT2D eigenvalue weighted by atomic mass is 9.84. The van der Waals surface area contributed by atoms with Gasteiger partial charge in [0.25, 0.3) is 0 Å². The first-order chi connectivity index (χ1) is 8.52. The molecule has 0 saturated carbocycles. The Morgan fingerprint density at radius 3 is 2.39 bits per heavy atom. The van der Waals surface area contributed by atoms with Gasteiger partial charge < -0.3 is 19.9 Å². The first-order valence-electron chi connectivity index (χ1n) is 6.44. The van der Waals surface area contributed by atoms with Crippen LogP contribution in [0.3, 0.4) is 0 Å². The molecule has 0 fully saturated rings. The molecule has 0 aliphatic carbocycles. The molecule has 0 saturated heterocycles. The summed E-state index contributed by atoms with van der Waals surface area (Å²) < 4.78 is 15.1. The summed E-state index contributed by atoms with van der Waals surface area (Å²) in [6, 6.07) is 0. The molecule has 0 heterocycles. The molecule has 2 N–H and O–H groups in total. The summed E-state index contributed by atoms with van der Waals surface area (Å²) in [4.78, 5) is 11.4. The Bertz CT molecular complexity index is 219. The summed E-state index contributed by atoms with van der Waals surface area (Å²) in [5, 5.41) is 0. The molecular weight excluding hydrogens is 234 g/mol. The van der Waals surface area contributed by atoms with Crippen LogP contribution in [-0.4, -0.2) is 46.1 Å². The number of ether oxygens (including phenoxy) is 3. The number of hydrogen-bond donors (Lipinski definition) is 1. The van der Waals surface area contributed by atoms with Gasteiger partial charge in [0.2, 0.25) is 0 Å². The fourth-order valence-electron chi connectivity index (χ4n) is 1.49. The van der Waals surface area contributed by atoms with Crippen molar-refractivity contribution in [2.75, 3.05) is 40.1 Å². The van der Waals surface area contributed by atoms with Crippen LogP contribution in [0.4, 0.5) is 0 Å². The quantitative estimate of drug-likeness (QED) is 0.449. The van der Waals surface area contributed by atoms with Crippen LogP contribution in [0.2, 0.25) is 0 Å². The van der Waals surface area contributed by atoms with Crippen molar-refractivity contribution in [1.29, 1.82) is 0 Å².